The van der Waals surface area contributed by atoms with Crippen molar-refractivity contribution in [2.24, 2.45) is 0 Å². The van der Waals surface area contributed by atoms with Gasteiger partial charge in [-0.05, 0) is 42.6 Å². The van der Waals surface area contributed by atoms with E-state index < -0.39 is 6.04 Å². The monoisotopic (exact) mass is 478 g/mol. The number of hydrogen-bond acceptors (Lipinski definition) is 4. The molecule has 6 nitrogen and oxygen atoms in total. The maximum atomic E-state index is 13.9. The van der Waals surface area contributed by atoms with Crippen molar-refractivity contribution in [2.75, 3.05) is 7.05 Å². The van der Waals surface area contributed by atoms with E-state index in [1.165, 1.54) is 5.56 Å². The van der Waals surface area contributed by atoms with E-state index in [4.69, 9.17) is 4.98 Å². The van der Waals surface area contributed by atoms with Crippen molar-refractivity contribution in [1.82, 2.24) is 20.2 Å². The summed E-state index contributed by atoms with van der Waals surface area (Å²) in [5.41, 5.74) is 6.08. The number of carbonyl (C=O) groups is 2. The third kappa shape index (κ3) is 4.86. The molecule has 0 bridgehead atoms. The smallest absolute Gasteiger partial charge is 0.240 e. The van der Waals surface area contributed by atoms with Crippen LogP contribution in [0.25, 0.3) is 11.3 Å². The maximum absolute atomic E-state index is 13.9. The number of imidazole rings is 1. The van der Waals surface area contributed by atoms with Gasteiger partial charge in [0.2, 0.25) is 5.91 Å². The average molecular weight is 479 g/mol. The molecule has 1 aliphatic rings. The quantitative estimate of drug-likeness (QED) is 0.376. The summed E-state index contributed by atoms with van der Waals surface area (Å²) in [5.74, 6) is 0.855. The number of ketones is 1. The number of hydrogen-bond donors (Lipinski definition) is 2. The first kappa shape index (κ1) is 23.7. The molecule has 0 saturated heterocycles. The van der Waals surface area contributed by atoms with Crippen molar-refractivity contribution >= 4 is 11.7 Å². The van der Waals surface area contributed by atoms with Crippen LogP contribution in [0.5, 0.6) is 0 Å². The molecule has 2 atom stereocenters. The van der Waals surface area contributed by atoms with E-state index in [2.05, 4.69) is 22.4 Å². The first-order valence-corrected chi connectivity index (χ1v) is 12.3. The molecule has 5 rings (SSSR count). The minimum absolute atomic E-state index is 0.0327. The Kier molecular flexibility index (Phi) is 6.78. The number of nitrogens with zero attached hydrogens (tertiary/aromatic N) is 2. The molecule has 0 fully saturated rings. The molecular weight excluding hydrogens is 448 g/mol. The lowest BCUT2D eigenvalue weighted by Crippen LogP contribution is -2.49. The predicted molar refractivity (Wildman–Crippen MR) is 140 cm³/mol. The number of amides is 1. The molecular formula is C30H30N4O2. The van der Waals surface area contributed by atoms with Crippen molar-refractivity contribution in [2.45, 2.75) is 38.4 Å². The van der Waals surface area contributed by atoms with Crippen LogP contribution >= 0.6 is 0 Å². The highest BCUT2D eigenvalue weighted by Gasteiger charge is 2.35. The summed E-state index contributed by atoms with van der Waals surface area (Å²) in [4.78, 5) is 35.7. The minimum atomic E-state index is -0.399. The summed E-state index contributed by atoms with van der Waals surface area (Å²) in [6.45, 7) is 2.09. The molecule has 1 amide bonds. The van der Waals surface area contributed by atoms with Gasteiger partial charge < -0.3 is 15.2 Å². The molecule has 4 aromatic rings. The third-order valence-electron chi connectivity index (χ3n) is 6.97. The van der Waals surface area contributed by atoms with E-state index in [0.717, 1.165) is 28.2 Å². The largest absolute Gasteiger partial charge is 0.340 e. The first-order valence-electron chi connectivity index (χ1n) is 12.3. The highest BCUT2D eigenvalue weighted by Crippen LogP contribution is 2.33. The molecule has 1 aliphatic heterocycles. The Balaban J connectivity index is 1.43. The molecule has 2 N–H and O–H groups in total. The van der Waals surface area contributed by atoms with Crippen molar-refractivity contribution in [3.8, 4) is 11.3 Å². The summed E-state index contributed by atoms with van der Waals surface area (Å²) < 4.78 is 0. The predicted octanol–water partition coefficient (Wildman–Crippen LogP) is 4.74. The van der Waals surface area contributed by atoms with Gasteiger partial charge in [-0.25, -0.2) is 4.98 Å². The van der Waals surface area contributed by atoms with Gasteiger partial charge in [-0.2, -0.15) is 0 Å². The first-order chi connectivity index (χ1) is 17.5. The highest BCUT2D eigenvalue weighted by molar-refractivity contribution is 5.94. The van der Waals surface area contributed by atoms with Gasteiger partial charge in [-0.1, -0.05) is 78.9 Å². The Morgan fingerprint density at radius 2 is 1.69 bits per heavy atom. The fraction of sp³-hybridized carbons (Fsp3) is 0.233. The Labute approximate surface area is 211 Å². The molecule has 0 saturated carbocycles. The minimum Gasteiger partial charge on any atom is -0.340 e. The number of carbonyl (C=O) groups excluding carboxylic acids is 2. The molecule has 1 aromatic heterocycles. The standard InChI is InChI=1S/C30H30N4O2/c1-20(35)22-14-12-21(13-15-22)16-26(31-2)30(36)34-19-25-11-7-6-10-24(25)17-28(34)29-32-18-27(33-29)23-8-4-3-5-9-23/h3-15,18,26,28,31H,16-17,19H2,1-2H3,(H,32,33)/t26-,28-/m0/s1. The zero-order valence-electron chi connectivity index (χ0n) is 20.6. The van der Waals surface area contributed by atoms with E-state index >= 15 is 0 Å². The fourth-order valence-electron chi connectivity index (χ4n) is 4.89. The van der Waals surface area contributed by atoms with Gasteiger partial charge in [0.15, 0.2) is 5.78 Å². The second-order valence-corrected chi connectivity index (χ2v) is 9.30. The van der Waals surface area contributed by atoms with Crippen LogP contribution in [0.1, 0.15) is 45.8 Å². The molecule has 0 radical (unpaired) electrons. The number of nitrogens with one attached hydrogen (secondary N) is 2. The Morgan fingerprint density at radius 3 is 2.39 bits per heavy atom. The number of likely N-dealkylation sites (N-methyl/N-ethyl adjacent to an activating group) is 1. The number of fused-ring (bicyclic) bond motifs is 1. The second-order valence-electron chi connectivity index (χ2n) is 9.30. The number of aromatic nitrogens is 2. The summed E-state index contributed by atoms with van der Waals surface area (Å²) in [6, 6.07) is 25.3. The van der Waals surface area contributed by atoms with Crippen LogP contribution in [0.3, 0.4) is 0 Å². The van der Waals surface area contributed by atoms with Crippen LogP contribution in [0.15, 0.2) is 85.1 Å². The van der Waals surface area contributed by atoms with E-state index in [1.54, 1.807) is 6.92 Å². The molecule has 182 valence electrons. The number of aromatic amines is 1. The van der Waals surface area contributed by atoms with E-state index in [-0.39, 0.29) is 17.7 Å². The second kappa shape index (κ2) is 10.3. The zero-order valence-corrected chi connectivity index (χ0v) is 20.6. The van der Waals surface area contributed by atoms with Crippen LogP contribution in [0.4, 0.5) is 0 Å². The van der Waals surface area contributed by atoms with Crippen molar-refractivity contribution in [3.63, 3.8) is 0 Å². The number of Topliss-reactive ketones (excluding diaryl/α,β-unsaturated/α-hetero) is 1. The number of rotatable bonds is 7. The van der Waals surface area contributed by atoms with Gasteiger partial charge in [-0.3, -0.25) is 9.59 Å². The zero-order chi connectivity index (χ0) is 25.1. The van der Waals surface area contributed by atoms with Gasteiger partial charge in [0.1, 0.15) is 5.82 Å². The summed E-state index contributed by atoms with van der Waals surface area (Å²) in [5, 5.41) is 3.22. The van der Waals surface area contributed by atoms with Gasteiger partial charge in [-0.15, -0.1) is 0 Å². The molecule has 2 heterocycles. The third-order valence-corrected chi connectivity index (χ3v) is 6.97. The molecule has 0 unspecified atom stereocenters. The molecule has 6 heteroatoms. The fourth-order valence-corrected chi connectivity index (χ4v) is 4.89. The van der Waals surface area contributed by atoms with Crippen LogP contribution in [0.2, 0.25) is 0 Å². The number of benzene rings is 3. The summed E-state index contributed by atoms with van der Waals surface area (Å²) in [7, 11) is 1.82. The van der Waals surface area contributed by atoms with Crippen molar-refractivity contribution in [1.29, 1.82) is 0 Å². The lowest BCUT2D eigenvalue weighted by atomic mass is 9.92. The average Bonchev–Trinajstić information content (AvgIpc) is 3.42. The van der Waals surface area contributed by atoms with E-state index in [0.29, 0.717) is 24.9 Å². The van der Waals surface area contributed by atoms with Gasteiger partial charge in [0, 0.05) is 18.5 Å². The van der Waals surface area contributed by atoms with Crippen LogP contribution in [-0.2, 0) is 24.2 Å². The van der Waals surface area contributed by atoms with Gasteiger partial charge >= 0.3 is 0 Å². The maximum Gasteiger partial charge on any atom is 0.240 e. The molecule has 0 spiro atoms. The lowest BCUT2D eigenvalue weighted by molar-refractivity contribution is -0.137. The van der Waals surface area contributed by atoms with Crippen molar-refractivity contribution < 1.29 is 9.59 Å². The number of H-pyrrole nitrogens is 1. The van der Waals surface area contributed by atoms with E-state index in [9.17, 15) is 9.59 Å². The highest BCUT2D eigenvalue weighted by atomic mass is 16.2. The van der Waals surface area contributed by atoms with Crippen LogP contribution < -0.4 is 5.32 Å². The topological polar surface area (TPSA) is 78.1 Å². The normalized spacial score (nSPS) is 15.8. The summed E-state index contributed by atoms with van der Waals surface area (Å²) >= 11 is 0. The summed E-state index contributed by atoms with van der Waals surface area (Å²) in [6.07, 6.45) is 3.08. The van der Waals surface area contributed by atoms with E-state index in [1.807, 2.05) is 84.9 Å². The van der Waals surface area contributed by atoms with Gasteiger partial charge in [0.25, 0.3) is 0 Å². The Hall–Kier alpha value is -4.03. The lowest BCUT2D eigenvalue weighted by Gasteiger charge is -2.38. The Bertz CT molecular complexity index is 1360. The van der Waals surface area contributed by atoms with Gasteiger partial charge in [0.05, 0.1) is 24.0 Å². The van der Waals surface area contributed by atoms with Crippen LogP contribution in [0, 0.1) is 0 Å². The Morgan fingerprint density at radius 1 is 1.00 bits per heavy atom. The van der Waals surface area contributed by atoms with Crippen LogP contribution in [-0.4, -0.2) is 39.6 Å². The molecule has 3 aromatic carbocycles. The molecule has 0 aliphatic carbocycles. The SMILES string of the molecule is CN[C@@H](Cc1ccc(C(C)=O)cc1)C(=O)N1Cc2ccccc2C[C@H]1c1ncc(-c2ccccc2)[nH]1. The van der Waals surface area contributed by atoms with Crippen molar-refractivity contribution in [3.05, 3.63) is 113 Å². The molecule has 36 heavy (non-hydrogen) atoms.